The third kappa shape index (κ3) is 3.80. The molecule has 1 heterocycles. The molecule has 1 N–H and O–H groups in total. The highest BCUT2D eigenvalue weighted by Crippen LogP contribution is 2.20. The first-order valence-electron chi connectivity index (χ1n) is 5.18. The molecule has 5 heteroatoms. The first kappa shape index (κ1) is 12.9. The van der Waals surface area contributed by atoms with Crippen LogP contribution in [0, 0.1) is 16.7 Å². The third-order valence-corrected chi connectivity index (χ3v) is 3.26. The highest BCUT2D eigenvalue weighted by atomic mass is 32.1. The predicted molar refractivity (Wildman–Crippen MR) is 67.5 cm³/mol. The van der Waals surface area contributed by atoms with Crippen LogP contribution in [-0.2, 0) is 6.54 Å². The summed E-state index contributed by atoms with van der Waals surface area (Å²) in [6, 6.07) is 2.27. The summed E-state index contributed by atoms with van der Waals surface area (Å²) in [6.45, 7) is 5.32. The maximum atomic E-state index is 8.86. The monoisotopic (exact) mass is 238 g/mol. The Morgan fingerprint density at radius 3 is 2.75 bits per heavy atom. The zero-order chi connectivity index (χ0) is 12.2. The van der Waals surface area contributed by atoms with Gasteiger partial charge in [-0.25, -0.2) is 4.98 Å². The molecule has 1 aromatic rings. The Bertz CT molecular complexity index is 376. The fraction of sp³-hybridized carbons (Fsp3) is 0.636. The van der Waals surface area contributed by atoms with Crippen LogP contribution in [0.25, 0.3) is 0 Å². The van der Waals surface area contributed by atoms with Gasteiger partial charge in [-0.3, -0.25) is 0 Å². The lowest BCUT2D eigenvalue weighted by atomic mass is 9.96. The number of hydrogen-bond acceptors (Lipinski definition) is 5. The summed E-state index contributed by atoms with van der Waals surface area (Å²) >= 11 is 1.67. The second-order valence-corrected chi connectivity index (χ2v) is 5.70. The Labute approximate surface area is 101 Å². The first-order valence-corrected chi connectivity index (χ1v) is 6.00. The van der Waals surface area contributed by atoms with Gasteiger partial charge >= 0.3 is 0 Å². The van der Waals surface area contributed by atoms with Gasteiger partial charge in [0, 0.05) is 38.3 Å². The van der Waals surface area contributed by atoms with Crippen molar-refractivity contribution in [2.24, 2.45) is 5.41 Å². The van der Waals surface area contributed by atoms with Gasteiger partial charge in [-0.15, -0.1) is 11.3 Å². The number of aromatic nitrogens is 1. The van der Waals surface area contributed by atoms with E-state index < -0.39 is 0 Å². The quantitative estimate of drug-likeness (QED) is 0.850. The largest absolute Gasteiger partial charge is 0.354 e. The molecule has 88 valence electrons. The Morgan fingerprint density at radius 2 is 2.25 bits per heavy atom. The number of nitriles is 1. The second-order valence-electron chi connectivity index (χ2n) is 4.60. The molecule has 0 fully saturated rings. The van der Waals surface area contributed by atoms with Gasteiger partial charge in [-0.05, 0) is 13.8 Å². The van der Waals surface area contributed by atoms with Gasteiger partial charge in [0.15, 0.2) is 5.13 Å². The highest BCUT2D eigenvalue weighted by molar-refractivity contribution is 7.15. The molecule has 1 aromatic heterocycles. The molecule has 0 aliphatic heterocycles. The summed E-state index contributed by atoms with van der Waals surface area (Å²) in [5.41, 5.74) is -0.310. The van der Waals surface area contributed by atoms with E-state index in [4.69, 9.17) is 5.26 Å². The molecule has 0 unspecified atom stereocenters. The van der Waals surface area contributed by atoms with E-state index in [1.807, 2.05) is 39.0 Å². The molecule has 0 aliphatic carbocycles. The average molecular weight is 238 g/mol. The molecule has 16 heavy (non-hydrogen) atoms. The molecule has 4 nitrogen and oxygen atoms in total. The van der Waals surface area contributed by atoms with Crippen LogP contribution >= 0.6 is 11.3 Å². The fourth-order valence-electron chi connectivity index (χ4n) is 1.12. The average Bonchev–Trinajstić information content (AvgIpc) is 2.66. The highest BCUT2D eigenvalue weighted by Gasteiger charge is 2.15. The third-order valence-electron chi connectivity index (χ3n) is 2.09. The molecule has 1 rings (SSSR count). The maximum Gasteiger partial charge on any atom is 0.185 e. The van der Waals surface area contributed by atoms with E-state index in [0.717, 1.165) is 11.7 Å². The second kappa shape index (κ2) is 5.28. The predicted octanol–water partition coefficient (Wildman–Crippen LogP) is 1.85. The summed E-state index contributed by atoms with van der Waals surface area (Å²) in [7, 11) is 3.96. The van der Waals surface area contributed by atoms with Gasteiger partial charge < -0.3 is 10.2 Å². The van der Waals surface area contributed by atoms with Crippen LogP contribution in [0.3, 0.4) is 0 Å². The summed E-state index contributed by atoms with van der Waals surface area (Å²) in [6.07, 6.45) is 1.88. The van der Waals surface area contributed by atoms with Gasteiger partial charge in [-0.1, -0.05) is 0 Å². The van der Waals surface area contributed by atoms with Crippen molar-refractivity contribution in [3.05, 3.63) is 11.1 Å². The standard InChI is InChI=1S/C11H18N4S/c1-11(2,7-12)8-13-5-9-6-14-10(16-9)15(3)4/h6,13H,5,8H2,1-4H3. The van der Waals surface area contributed by atoms with Gasteiger partial charge in [0.05, 0.1) is 11.5 Å². The molecule has 0 aliphatic rings. The van der Waals surface area contributed by atoms with Crippen molar-refractivity contribution in [2.45, 2.75) is 20.4 Å². The van der Waals surface area contributed by atoms with Crippen molar-refractivity contribution < 1.29 is 0 Å². The smallest absolute Gasteiger partial charge is 0.185 e. The molecule has 0 saturated carbocycles. The molecule has 0 radical (unpaired) electrons. The van der Waals surface area contributed by atoms with E-state index in [9.17, 15) is 0 Å². The zero-order valence-corrected chi connectivity index (χ0v) is 11.1. The molecule has 0 bridgehead atoms. The van der Waals surface area contributed by atoms with E-state index in [1.165, 1.54) is 4.88 Å². The molecular formula is C11H18N4S. The lowest BCUT2D eigenvalue weighted by Gasteiger charge is -2.15. The summed E-state index contributed by atoms with van der Waals surface area (Å²) in [5.74, 6) is 0. The SMILES string of the molecule is CN(C)c1ncc(CNCC(C)(C)C#N)s1. The topological polar surface area (TPSA) is 52.0 Å². The minimum Gasteiger partial charge on any atom is -0.354 e. The van der Waals surface area contributed by atoms with Gasteiger partial charge in [0.25, 0.3) is 0 Å². The first-order chi connectivity index (χ1) is 7.44. The summed E-state index contributed by atoms with van der Waals surface area (Å²) < 4.78 is 0. The number of nitrogens with one attached hydrogen (secondary N) is 1. The van der Waals surface area contributed by atoms with Crippen molar-refractivity contribution in [1.82, 2.24) is 10.3 Å². The minimum atomic E-state index is -0.310. The number of nitrogens with zero attached hydrogens (tertiary/aromatic N) is 3. The van der Waals surface area contributed by atoms with Crippen molar-refractivity contribution >= 4 is 16.5 Å². The molecule has 0 saturated heterocycles. The number of anilines is 1. The van der Waals surface area contributed by atoms with Gasteiger partial charge in [0.2, 0.25) is 0 Å². The van der Waals surface area contributed by atoms with Crippen LogP contribution in [0.15, 0.2) is 6.20 Å². The van der Waals surface area contributed by atoms with Crippen molar-refractivity contribution in [3.63, 3.8) is 0 Å². The van der Waals surface area contributed by atoms with E-state index in [1.54, 1.807) is 11.3 Å². The van der Waals surface area contributed by atoms with E-state index in [0.29, 0.717) is 6.54 Å². The van der Waals surface area contributed by atoms with Crippen molar-refractivity contribution in [1.29, 1.82) is 5.26 Å². The zero-order valence-electron chi connectivity index (χ0n) is 10.2. The van der Waals surface area contributed by atoms with E-state index in [2.05, 4.69) is 16.4 Å². The molecule has 0 spiro atoms. The summed E-state index contributed by atoms with van der Waals surface area (Å²) in [5, 5.41) is 13.1. The fourth-order valence-corrected chi connectivity index (χ4v) is 1.93. The number of rotatable bonds is 5. The number of thiazole rings is 1. The summed E-state index contributed by atoms with van der Waals surface area (Å²) in [4.78, 5) is 7.48. The van der Waals surface area contributed by atoms with Crippen LogP contribution in [0.1, 0.15) is 18.7 Å². The number of hydrogen-bond donors (Lipinski definition) is 1. The van der Waals surface area contributed by atoms with Gasteiger partial charge in [-0.2, -0.15) is 5.26 Å². The van der Waals surface area contributed by atoms with Crippen molar-refractivity contribution in [3.8, 4) is 6.07 Å². The maximum absolute atomic E-state index is 8.86. The normalized spacial score (nSPS) is 11.2. The molecule has 0 atom stereocenters. The van der Waals surface area contributed by atoms with Gasteiger partial charge in [0.1, 0.15) is 0 Å². The molecule has 0 amide bonds. The van der Waals surface area contributed by atoms with E-state index in [-0.39, 0.29) is 5.41 Å². The molecule has 0 aromatic carbocycles. The lowest BCUT2D eigenvalue weighted by Crippen LogP contribution is -2.27. The van der Waals surface area contributed by atoms with Crippen LogP contribution in [0.2, 0.25) is 0 Å². The van der Waals surface area contributed by atoms with Crippen molar-refractivity contribution in [2.75, 3.05) is 25.5 Å². The Balaban J connectivity index is 2.41. The Kier molecular flexibility index (Phi) is 4.27. The van der Waals surface area contributed by atoms with E-state index >= 15 is 0 Å². The van der Waals surface area contributed by atoms with Crippen LogP contribution < -0.4 is 10.2 Å². The van der Waals surface area contributed by atoms with Crippen LogP contribution in [0.4, 0.5) is 5.13 Å². The van der Waals surface area contributed by atoms with Crippen LogP contribution in [0.5, 0.6) is 0 Å². The minimum absolute atomic E-state index is 0.310. The molecular weight excluding hydrogens is 220 g/mol. The Morgan fingerprint density at radius 1 is 1.56 bits per heavy atom. The lowest BCUT2D eigenvalue weighted by molar-refractivity contribution is 0.446. The van der Waals surface area contributed by atoms with Crippen LogP contribution in [-0.4, -0.2) is 25.6 Å². The Hall–Kier alpha value is -1.12.